The lowest BCUT2D eigenvalue weighted by atomic mass is 10.00. The van der Waals surface area contributed by atoms with Crippen LogP contribution in [0, 0.1) is 0 Å². The van der Waals surface area contributed by atoms with Crippen LogP contribution in [0.5, 0.6) is 0 Å². The predicted molar refractivity (Wildman–Crippen MR) is 256 cm³/mol. The van der Waals surface area contributed by atoms with Crippen molar-refractivity contribution in [2.45, 2.75) is 0 Å². The predicted octanol–water partition coefficient (Wildman–Crippen LogP) is 15.4. The number of para-hydroxylation sites is 1. The van der Waals surface area contributed by atoms with E-state index in [0.717, 1.165) is 82.6 Å². The van der Waals surface area contributed by atoms with E-state index >= 15 is 0 Å². The Morgan fingerprint density at radius 1 is 0.306 bits per heavy atom. The first-order chi connectivity index (χ1) is 30.7. The molecule has 5 heteroatoms. The van der Waals surface area contributed by atoms with Crippen LogP contribution >= 0.6 is 0 Å². The summed E-state index contributed by atoms with van der Waals surface area (Å²) in [6.45, 7) is 0. The van der Waals surface area contributed by atoms with Crippen molar-refractivity contribution in [1.82, 2.24) is 15.0 Å². The topological polar surface area (TPSA) is 55.1 Å². The van der Waals surface area contributed by atoms with Crippen LogP contribution in [-0.4, -0.2) is 15.0 Å². The zero-order valence-electron chi connectivity index (χ0n) is 33.5. The zero-order chi connectivity index (χ0) is 41.0. The molecule has 0 N–H and O–H groups in total. The van der Waals surface area contributed by atoms with Gasteiger partial charge in [0.05, 0.1) is 11.3 Å². The van der Waals surface area contributed by atoms with Crippen LogP contribution in [-0.2, 0) is 0 Å². The van der Waals surface area contributed by atoms with Gasteiger partial charge in [0.1, 0.15) is 5.58 Å². The van der Waals surface area contributed by atoms with E-state index in [-0.39, 0.29) is 0 Å². The van der Waals surface area contributed by atoms with Gasteiger partial charge in [-0.15, -0.1) is 0 Å². The fourth-order valence-electron chi connectivity index (χ4n) is 8.80. The molecule has 0 aliphatic heterocycles. The molecule has 2 aromatic heterocycles. The van der Waals surface area contributed by atoms with Crippen molar-refractivity contribution in [3.63, 3.8) is 0 Å². The first-order valence-corrected chi connectivity index (χ1v) is 20.8. The molecule has 12 rings (SSSR count). The number of hydrogen-bond acceptors (Lipinski definition) is 5. The summed E-state index contributed by atoms with van der Waals surface area (Å²) < 4.78 is 7.29. The molecule has 0 bridgehead atoms. The van der Waals surface area contributed by atoms with E-state index in [2.05, 4.69) is 193 Å². The molecular weight excluding hydrogens is 757 g/mol. The molecular formula is C57H36N4O. The third-order valence-electron chi connectivity index (χ3n) is 11.8. The smallest absolute Gasteiger partial charge is 0.167 e. The highest BCUT2D eigenvalue weighted by Crippen LogP contribution is 2.48. The number of fused-ring (bicyclic) bond motifs is 6. The van der Waals surface area contributed by atoms with Crippen LogP contribution in [0.4, 0.5) is 17.1 Å². The van der Waals surface area contributed by atoms with Crippen LogP contribution in [0.25, 0.3) is 99.5 Å². The highest BCUT2D eigenvalue weighted by atomic mass is 16.3. The number of anilines is 3. The second kappa shape index (κ2) is 14.7. The first kappa shape index (κ1) is 35.5. The fourth-order valence-corrected chi connectivity index (χ4v) is 8.80. The second-order valence-corrected chi connectivity index (χ2v) is 15.6. The Kier molecular flexibility index (Phi) is 8.42. The Bertz CT molecular complexity index is 3640. The van der Waals surface area contributed by atoms with Crippen molar-refractivity contribution >= 4 is 71.3 Å². The number of nitrogens with zero attached hydrogens (tertiary/aromatic N) is 4. The number of furan rings is 1. The van der Waals surface area contributed by atoms with Gasteiger partial charge >= 0.3 is 0 Å². The van der Waals surface area contributed by atoms with E-state index in [9.17, 15) is 0 Å². The van der Waals surface area contributed by atoms with Crippen LogP contribution in [0.3, 0.4) is 0 Å². The van der Waals surface area contributed by atoms with Crippen molar-refractivity contribution in [2.24, 2.45) is 0 Å². The standard InChI is InChI=1S/C57H36N4O/c1-3-14-37(15-4-1)40-28-31-46(32-29-40)61(47-33-30-39-17-8-10-21-43(39)35-47)52-48-23-12-11-22-44(48)36-51-49-24-13-25-50(53(49)62-54(51)52)57-59-55(41-18-5-2-6-19-41)58-56(60-57)45-27-26-38-16-7-9-20-42(38)34-45/h1-36H. The van der Waals surface area contributed by atoms with Crippen molar-refractivity contribution in [1.29, 1.82) is 0 Å². The molecule has 62 heavy (non-hydrogen) atoms. The minimum Gasteiger partial charge on any atom is -0.453 e. The molecule has 0 atom stereocenters. The molecule has 0 saturated heterocycles. The Hall–Kier alpha value is -8.41. The van der Waals surface area contributed by atoms with E-state index in [0.29, 0.717) is 23.1 Å². The average molecular weight is 793 g/mol. The molecule has 12 aromatic rings. The lowest BCUT2D eigenvalue weighted by molar-refractivity contribution is 0.670. The Balaban J connectivity index is 1.11. The maximum absolute atomic E-state index is 7.29. The van der Waals surface area contributed by atoms with Crippen molar-refractivity contribution in [3.05, 3.63) is 218 Å². The van der Waals surface area contributed by atoms with Gasteiger partial charge in [0, 0.05) is 38.7 Å². The molecule has 0 aliphatic carbocycles. The van der Waals surface area contributed by atoms with Gasteiger partial charge in [-0.2, -0.15) is 0 Å². The van der Waals surface area contributed by atoms with Gasteiger partial charge < -0.3 is 9.32 Å². The third-order valence-corrected chi connectivity index (χ3v) is 11.8. The third kappa shape index (κ3) is 6.14. The lowest BCUT2D eigenvalue weighted by Gasteiger charge is -2.27. The first-order valence-electron chi connectivity index (χ1n) is 20.8. The summed E-state index contributed by atoms with van der Waals surface area (Å²) in [5.41, 5.74) is 9.44. The number of rotatable bonds is 7. The average Bonchev–Trinajstić information content (AvgIpc) is 3.72. The second-order valence-electron chi connectivity index (χ2n) is 15.6. The van der Waals surface area contributed by atoms with Gasteiger partial charge in [0.25, 0.3) is 0 Å². The Morgan fingerprint density at radius 3 is 1.58 bits per heavy atom. The summed E-state index contributed by atoms with van der Waals surface area (Å²) in [5, 5.41) is 8.80. The molecule has 0 spiro atoms. The van der Waals surface area contributed by atoms with Gasteiger partial charge in [0.2, 0.25) is 0 Å². The molecule has 0 amide bonds. The molecule has 5 nitrogen and oxygen atoms in total. The molecule has 10 aromatic carbocycles. The monoisotopic (exact) mass is 792 g/mol. The van der Waals surface area contributed by atoms with Crippen LogP contribution < -0.4 is 4.90 Å². The molecule has 0 aliphatic rings. The Labute approximate surface area is 357 Å². The number of benzene rings is 10. The van der Waals surface area contributed by atoms with Crippen molar-refractivity contribution in [3.8, 4) is 45.3 Å². The molecule has 0 radical (unpaired) electrons. The highest BCUT2D eigenvalue weighted by Gasteiger charge is 2.25. The van der Waals surface area contributed by atoms with Gasteiger partial charge in [-0.05, 0) is 80.5 Å². The normalized spacial score (nSPS) is 11.5. The summed E-state index contributed by atoms with van der Waals surface area (Å²) in [5.74, 6) is 1.74. The zero-order valence-corrected chi connectivity index (χ0v) is 33.5. The largest absolute Gasteiger partial charge is 0.453 e. The SMILES string of the molecule is c1ccc(-c2ccc(N(c3ccc4ccccc4c3)c3c4ccccc4cc4c3oc3c(-c5nc(-c6ccccc6)nc(-c6ccc7ccccc7c6)n5)cccc34)cc2)cc1. The molecule has 0 fully saturated rings. The van der Waals surface area contributed by atoms with E-state index in [4.69, 9.17) is 19.4 Å². The van der Waals surface area contributed by atoms with Crippen LogP contribution in [0.1, 0.15) is 0 Å². The van der Waals surface area contributed by atoms with Gasteiger partial charge in [-0.1, -0.05) is 176 Å². The van der Waals surface area contributed by atoms with Crippen molar-refractivity contribution < 1.29 is 4.42 Å². The lowest BCUT2D eigenvalue weighted by Crippen LogP contribution is -2.11. The van der Waals surface area contributed by atoms with Crippen LogP contribution in [0.2, 0.25) is 0 Å². The quantitative estimate of drug-likeness (QED) is 0.161. The molecule has 2 heterocycles. The highest BCUT2D eigenvalue weighted by molar-refractivity contribution is 6.21. The van der Waals surface area contributed by atoms with E-state index in [1.54, 1.807) is 0 Å². The number of aromatic nitrogens is 3. The summed E-state index contributed by atoms with van der Waals surface area (Å²) in [6.07, 6.45) is 0. The molecule has 0 saturated carbocycles. The van der Waals surface area contributed by atoms with Crippen LogP contribution in [0.15, 0.2) is 223 Å². The van der Waals surface area contributed by atoms with E-state index in [1.807, 2.05) is 30.3 Å². The van der Waals surface area contributed by atoms with Gasteiger partial charge in [-0.3, -0.25) is 0 Å². The summed E-state index contributed by atoms with van der Waals surface area (Å²) >= 11 is 0. The van der Waals surface area contributed by atoms with Gasteiger partial charge in [-0.25, -0.2) is 15.0 Å². The maximum Gasteiger partial charge on any atom is 0.167 e. The van der Waals surface area contributed by atoms with E-state index < -0.39 is 0 Å². The molecule has 290 valence electrons. The minimum atomic E-state index is 0.542. The van der Waals surface area contributed by atoms with E-state index in [1.165, 1.54) is 10.9 Å². The number of hydrogen-bond donors (Lipinski definition) is 0. The fraction of sp³-hybridized carbons (Fsp3) is 0. The Morgan fingerprint density at radius 2 is 0.839 bits per heavy atom. The maximum atomic E-state index is 7.29. The molecule has 0 unspecified atom stereocenters. The van der Waals surface area contributed by atoms with Gasteiger partial charge in [0.15, 0.2) is 23.1 Å². The summed E-state index contributed by atoms with van der Waals surface area (Å²) in [7, 11) is 0. The summed E-state index contributed by atoms with van der Waals surface area (Å²) in [4.78, 5) is 17.8. The summed E-state index contributed by atoms with van der Waals surface area (Å²) in [6, 6.07) is 76.5. The minimum absolute atomic E-state index is 0.542. The van der Waals surface area contributed by atoms with Crippen molar-refractivity contribution in [2.75, 3.05) is 4.90 Å².